The molecule has 3 aromatic rings. The highest BCUT2D eigenvalue weighted by atomic mass is 19.4. The highest BCUT2D eigenvalue weighted by molar-refractivity contribution is 5.94. The minimum atomic E-state index is -5.08. The molecule has 0 bridgehead atoms. The van der Waals surface area contributed by atoms with Crippen molar-refractivity contribution in [2.24, 2.45) is 0 Å². The molecule has 0 aliphatic carbocycles. The number of ether oxygens (including phenoxy) is 3. The van der Waals surface area contributed by atoms with E-state index in [1.165, 1.54) is 37.7 Å². The van der Waals surface area contributed by atoms with Gasteiger partial charge in [0.05, 0.1) is 25.5 Å². The van der Waals surface area contributed by atoms with Crippen LogP contribution in [0.4, 0.5) is 17.6 Å². The quantitative estimate of drug-likeness (QED) is 0.545. The van der Waals surface area contributed by atoms with Crippen LogP contribution in [0.3, 0.4) is 0 Å². The minimum absolute atomic E-state index is 0.0656. The number of rotatable bonds is 5. The summed E-state index contributed by atoms with van der Waals surface area (Å²) in [6.45, 7) is 0.0656. The van der Waals surface area contributed by atoms with E-state index in [0.717, 1.165) is 18.2 Å². The van der Waals surface area contributed by atoms with Crippen molar-refractivity contribution in [1.82, 2.24) is 15.3 Å². The van der Waals surface area contributed by atoms with Gasteiger partial charge in [0.1, 0.15) is 22.7 Å². The van der Waals surface area contributed by atoms with Crippen molar-refractivity contribution in [2.45, 2.75) is 18.3 Å². The van der Waals surface area contributed by atoms with Crippen LogP contribution in [-0.4, -0.2) is 36.0 Å². The third-order valence-corrected chi connectivity index (χ3v) is 5.23. The standard InChI is InChI=1S/C22H17F4N3O5/c1-32-14-9-17-19(28-11-14)21(6-7-33-17,29-20(31)12-2-5-18(30)27-10-12)13-3-4-16(15(23)8-13)34-22(24,25)26/h2-5,8-11H,6-7H2,1H3,(H,27,30)(H,29,31)/t21-/m0/s1. The number of nitrogens with zero attached hydrogens (tertiary/aromatic N) is 1. The first kappa shape index (κ1) is 23.1. The number of halogens is 4. The molecule has 1 aliphatic rings. The highest BCUT2D eigenvalue weighted by Gasteiger charge is 2.44. The monoisotopic (exact) mass is 479 g/mol. The number of nitrogens with one attached hydrogen (secondary N) is 2. The van der Waals surface area contributed by atoms with Gasteiger partial charge in [0.25, 0.3) is 5.91 Å². The molecule has 0 unspecified atom stereocenters. The molecule has 2 aromatic heterocycles. The number of aromatic amines is 1. The summed E-state index contributed by atoms with van der Waals surface area (Å²) in [6.07, 6.45) is -2.44. The Bertz CT molecular complexity index is 1270. The van der Waals surface area contributed by atoms with Gasteiger partial charge < -0.3 is 24.5 Å². The molecule has 1 atom stereocenters. The minimum Gasteiger partial charge on any atom is -0.495 e. The van der Waals surface area contributed by atoms with E-state index in [2.05, 4.69) is 20.0 Å². The molecule has 0 saturated heterocycles. The fraction of sp³-hybridized carbons (Fsp3) is 0.227. The smallest absolute Gasteiger partial charge is 0.495 e. The fourth-order valence-electron chi connectivity index (χ4n) is 3.67. The Hall–Kier alpha value is -4.09. The van der Waals surface area contributed by atoms with Gasteiger partial charge in [0.15, 0.2) is 11.6 Å². The number of methoxy groups -OCH3 is 1. The van der Waals surface area contributed by atoms with Crippen LogP contribution in [0.5, 0.6) is 17.2 Å². The van der Waals surface area contributed by atoms with Crippen molar-refractivity contribution in [1.29, 1.82) is 0 Å². The number of carbonyl (C=O) groups is 1. The molecule has 178 valence electrons. The van der Waals surface area contributed by atoms with Gasteiger partial charge >= 0.3 is 6.36 Å². The maximum Gasteiger partial charge on any atom is 0.573 e. The van der Waals surface area contributed by atoms with Crippen LogP contribution in [0.2, 0.25) is 0 Å². The topological polar surface area (TPSA) is 103 Å². The van der Waals surface area contributed by atoms with Gasteiger partial charge in [-0.25, -0.2) is 4.39 Å². The van der Waals surface area contributed by atoms with E-state index in [1.54, 1.807) is 0 Å². The number of benzene rings is 1. The number of hydrogen-bond acceptors (Lipinski definition) is 6. The van der Waals surface area contributed by atoms with E-state index in [9.17, 15) is 27.2 Å². The Kier molecular flexibility index (Phi) is 5.90. The van der Waals surface area contributed by atoms with Crippen molar-refractivity contribution in [3.63, 3.8) is 0 Å². The van der Waals surface area contributed by atoms with Crippen molar-refractivity contribution in [3.8, 4) is 17.2 Å². The molecule has 1 aliphatic heterocycles. The van der Waals surface area contributed by atoms with Crippen LogP contribution in [0.25, 0.3) is 0 Å². The molecule has 4 rings (SSSR count). The zero-order chi connectivity index (χ0) is 24.5. The Morgan fingerprint density at radius 3 is 2.68 bits per heavy atom. The largest absolute Gasteiger partial charge is 0.573 e. The van der Waals surface area contributed by atoms with Crippen LogP contribution in [-0.2, 0) is 5.54 Å². The van der Waals surface area contributed by atoms with Gasteiger partial charge in [-0.2, -0.15) is 0 Å². The molecule has 0 fully saturated rings. The Morgan fingerprint density at radius 2 is 2.03 bits per heavy atom. The molecule has 0 saturated carbocycles. The first-order valence-electron chi connectivity index (χ1n) is 9.86. The number of carbonyl (C=O) groups excluding carboxylic acids is 1. The second kappa shape index (κ2) is 8.69. The van der Waals surface area contributed by atoms with E-state index in [-0.39, 0.29) is 35.6 Å². The average Bonchev–Trinajstić information content (AvgIpc) is 2.79. The predicted molar refractivity (Wildman–Crippen MR) is 109 cm³/mol. The Labute approximate surface area is 189 Å². The van der Waals surface area contributed by atoms with Crippen LogP contribution < -0.4 is 25.1 Å². The maximum atomic E-state index is 14.7. The first-order valence-corrected chi connectivity index (χ1v) is 9.86. The molecular formula is C22H17F4N3O5. The van der Waals surface area contributed by atoms with E-state index in [4.69, 9.17) is 9.47 Å². The summed E-state index contributed by atoms with van der Waals surface area (Å²) in [5.41, 5.74) is -1.50. The first-order chi connectivity index (χ1) is 16.1. The lowest BCUT2D eigenvalue weighted by molar-refractivity contribution is -0.275. The molecular weight excluding hydrogens is 462 g/mol. The second-order valence-corrected chi connectivity index (χ2v) is 7.31. The number of aromatic nitrogens is 2. The van der Waals surface area contributed by atoms with Crippen molar-refractivity contribution < 1.29 is 36.6 Å². The van der Waals surface area contributed by atoms with Gasteiger partial charge in [-0.05, 0) is 23.8 Å². The van der Waals surface area contributed by atoms with Crippen LogP contribution in [0.15, 0.2) is 53.6 Å². The summed E-state index contributed by atoms with van der Waals surface area (Å²) in [6, 6.07) is 6.86. The van der Waals surface area contributed by atoms with Crippen LogP contribution in [0, 0.1) is 5.82 Å². The summed E-state index contributed by atoms with van der Waals surface area (Å²) in [4.78, 5) is 31.2. The third kappa shape index (κ3) is 4.51. The van der Waals surface area contributed by atoms with E-state index >= 15 is 0 Å². The Morgan fingerprint density at radius 1 is 1.24 bits per heavy atom. The summed E-state index contributed by atoms with van der Waals surface area (Å²) in [5.74, 6) is -2.34. The number of fused-ring (bicyclic) bond motifs is 1. The molecule has 2 N–H and O–H groups in total. The molecule has 3 heterocycles. The zero-order valence-electron chi connectivity index (χ0n) is 17.5. The Balaban J connectivity index is 1.83. The number of alkyl halides is 3. The molecule has 0 spiro atoms. The lowest BCUT2D eigenvalue weighted by atomic mass is 9.81. The lowest BCUT2D eigenvalue weighted by Gasteiger charge is -2.39. The van der Waals surface area contributed by atoms with Crippen molar-refractivity contribution in [2.75, 3.05) is 13.7 Å². The lowest BCUT2D eigenvalue weighted by Crippen LogP contribution is -2.50. The van der Waals surface area contributed by atoms with Crippen LogP contribution in [0.1, 0.15) is 28.0 Å². The van der Waals surface area contributed by atoms with E-state index < -0.39 is 34.9 Å². The highest BCUT2D eigenvalue weighted by Crippen LogP contribution is 2.43. The van der Waals surface area contributed by atoms with Gasteiger partial charge in [0, 0.05) is 24.8 Å². The van der Waals surface area contributed by atoms with E-state index in [1.807, 2.05) is 0 Å². The summed E-state index contributed by atoms with van der Waals surface area (Å²) in [7, 11) is 1.42. The molecule has 12 heteroatoms. The molecule has 34 heavy (non-hydrogen) atoms. The molecule has 1 aromatic carbocycles. The van der Waals surface area contributed by atoms with Crippen LogP contribution >= 0.6 is 0 Å². The summed E-state index contributed by atoms with van der Waals surface area (Å²) >= 11 is 0. The van der Waals surface area contributed by atoms with Gasteiger partial charge in [0.2, 0.25) is 5.56 Å². The summed E-state index contributed by atoms with van der Waals surface area (Å²) in [5, 5.41) is 2.80. The number of amides is 1. The van der Waals surface area contributed by atoms with Gasteiger partial charge in [-0.1, -0.05) is 6.07 Å². The number of pyridine rings is 2. The zero-order valence-corrected chi connectivity index (χ0v) is 17.5. The molecule has 1 amide bonds. The van der Waals surface area contributed by atoms with Gasteiger partial charge in [-0.3, -0.25) is 14.6 Å². The third-order valence-electron chi connectivity index (χ3n) is 5.23. The SMILES string of the molecule is COc1cnc2c(c1)OCC[C@]2(NC(=O)c1ccc(=O)[nH]c1)c1ccc(OC(F)(F)F)c(F)c1. The number of hydrogen-bond donors (Lipinski definition) is 2. The fourth-order valence-corrected chi connectivity index (χ4v) is 3.67. The molecule has 8 nitrogen and oxygen atoms in total. The van der Waals surface area contributed by atoms with E-state index in [0.29, 0.717) is 5.75 Å². The number of H-pyrrole nitrogens is 1. The van der Waals surface area contributed by atoms with Crippen molar-refractivity contribution >= 4 is 5.91 Å². The van der Waals surface area contributed by atoms with Gasteiger partial charge in [-0.15, -0.1) is 13.2 Å². The maximum absolute atomic E-state index is 14.7. The normalized spacial score (nSPS) is 17.3. The van der Waals surface area contributed by atoms with Crippen molar-refractivity contribution in [3.05, 3.63) is 81.8 Å². The average molecular weight is 479 g/mol. The summed E-state index contributed by atoms with van der Waals surface area (Å²) < 4.78 is 67.0. The molecule has 0 radical (unpaired) electrons. The predicted octanol–water partition coefficient (Wildman–Crippen LogP) is 3.27. The second-order valence-electron chi connectivity index (χ2n) is 7.31.